The van der Waals surface area contributed by atoms with E-state index in [1.807, 2.05) is 18.2 Å². The predicted octanol–water partition coefficient (Wildman–Crippen LogP) is 1.41. The Morgan fingerprint density at radius 3 is 2.41 bits per heavy atom. The number of oxime groups is 1. The first-order valence-electron chi connectivity index (χ1n) is 8.74. The van der Waals surface area contributed by atoms with Crippen molar-refractivity contribution >= 4 is 11.5 Å². The molecule has 1 aromatic heterocycles. The fourth-order valence-electron chi connectivity index (χ4n) is 2.78. The van der Waals surface area contributed by atoms with Crippen molar-refractivity contribution in [2.45, 2.75) is 0 Å². The van der Waals surface area contributed by atoms with Crippen LogP contribution in [0.5, 0.6) is 0 Å². The third-order valence-electron chi connectivity index (χ3n) is 4.08. The van der Waals surface area contributed by atoms with E-state index in [4.69, 9.17) is 19.0 Å². The number of carbonyl (C=O) groups excluding carboxylic acids is 1. The molecule has 0 N–H and O–H groups in total. The average molecular weight is 373 g/mol. The molecule has 144 valence electrons. The van der Waals surface area contributed by atoms with E-state index in [0.29, 0.717) is 62.3 Å². The number of rotatable bonds is 10. The van der Waals surface area contributed by atoms with Gasteiger partial charge in [0.05, 0.1) is 39.4 Å². The molecule has 0 saturated heterocycles. The van der Waals surface area contributed by atoms with Gasteiger partial charge in [0, 0.05) is 25.3 Å². The molecule has 0 unspecified atom stereocenters. The molecule has 2 aromatic rings. The smallest absolute Gasteiger partial charge is 0.212 e. The molecule has 0 bridgehead atoms. The molecule has 1 aliphatic carbocycles. The van der Waals surface area contributed by atoms with Crippen LogP contribution in [0.4, 0.5) is 0 Å². The molecule has 0 amide bonds. The molecular formula is C19H23N3O5. The zero-order valence-electron chi connectivity index (χ0n) is 15.5. The van der Waals surface area contributed by atoms with Gasteiger partial charge in [-0.05, 0) is 0 Å². The van der Waals surface area contributed by atoms with E-state index in [1.54, 1.807) is 31.1 Å². The first-order chi connectivity index (χ1) is 13.2. The van der Waals surface area contributed by atoms with Crippen LogP contribution in [0.3, 0.4) is 0 Å². The number of aromatic nitrogens is 2. The van der Waals surface area contributed by atoms with E-state index < -0.39 is 0 Å². The predicted molar refractivity (Wildman–Crippen MR) is 98.2 cm³/mol. The monoisotopic (exact) mass is 373 g/mol. The van der Waals surface area contributed by atoms with Crippen molar-refractivity contribution in [2.75, 3.05) is 46.8 Å². The maximum atomic E-state index is 12.7. The topological polar surface area (TPSA) is 84.2 Å². The standard InChI is InChI=1S/C19H23N3O5/c1-22-13-20-17-16(14-5-3-4-6-15(14)19(23)18(17)22)21-27-12-11-26-10-9-25-8-7-24-2/h3-6,13H,7-12H2,1-2H3. The van der Waals surface area contributed by atoms with Crippen LogP contribution in [0.2, 0.25) is 0 Å². The number of benzene rings is 1. The van der Waals surface area contributed by atoms with Crippen molar-refractivity contribution in [3.05, 3.63) is 53.1 Å². The second-order valence-electron chi connectivity index (χ2n) is 5.92. The van der Waals surface area contributed by atoms with Gasteiger partial charge in [-0.25, -0.2) is 4.98 Å². The number of methoxy groups -OCH3 is 1. The van der Waals surface area contributed by atoms with E-state index in [-0.39, 0.29) is 5.78 Å². The van der Waals surface area contributed by atoms with E-state index in [0.717, 1.165) is 5.56 Å². The van der Waals surface area contributed by atoms with Crippen molar-refractivity contribution < 1.29 is 23.8 Å². The molecule has 27 heavy (non-hydrogen) atoms. The van der Waals surface area contributed by atoms with Crippen LogP contribution in [0, 0.1) is 0 Å². The molecule has 8 heteroatoms. The number of ether oxygens (including phenoxy) is 3. The SMILES string of the molecule is COCCOCCOCCON=C1c2ccccc2C(=O)c2c1ncn2C. The van der Waals surface area contributed by atoms with Crippen LogP contribution in [-0.2, 0) is 26.1 Å². The second kappa shape index (κ2) is 9.40. The molecule has 0 atom stereocenters. The van der Waals surface area contributed by atoms with Gasteiger partial charge in [-0.3, -0.25) is 4.79 Å². The highest BCUT2D eigenvalue weighted by atomic mass is 16.6. The van der Waals surface area contributed by atoms with Gasteiger partial charge in [-0.1, -0.05) is 29.4 Å². The number of fused-ring (bicyclic) bond motifs is 2. The quantitative estimate of drug-likeness (QED) is 0.395. The van der Waals surface area contributed by atoms with Gasteiger partial charge < -0.3 is 23.6 Å². The van der Waals surface area contributed by atoms with E-state index in [9.17, 15) is 4.79 Å². The Kier molecular flexibility index (Phi) is 6.69. The van der Waals surface area contributed by atoms with Crippen molar-refractivity contribution in [3.63, 3.8) is 0 Å². The molecule has 0 saturated carbocycles. The largest absolute Gasteiger partial charge is 0.393 e. The first-order valence-corrected chi connectivity index (χ1v) is 8.74. The highest BCUT2D eigenvalue weighted by Gasteiger charge is 2.32. The molecule has 8 nitrogen and oxygen atoms in total. The lowest BCUT2D eigenvalue weighted by atomic mass is 9.89. The molecule has 0 fully saturated rings. The lowest BCUT2D eigenvalue weighted by Gasteiger charge is -2.17. The Morgan fingerprint density at radius 2 is 1.67 bits per heavy atom. The summed E-state index contributed by atoms with van der Waals surface area (Å²) >= 11 is 0. The normalized spacial score (nSPS) is 14.3. The van der Waals surface area contributed by atoms with E-state index in [2.05, 4.69) is 10.1 Å². The summed E-state index contributed by atoms with van der Waals surface area (Å²) in [6, 6.07) is 7.33. The number of hydrogen-bond acceptors (Lipinski definition) is 7. The van der Waals surface area contributed by atoms with Crippen LogP contribution in [0.15, 0.2) is 35.7 Å². The Labute approximate surface area is 157 Å². The molecular weight excluding hydrogens is 350 g/mol. The van der Waals surface area contributed by atoms with Crippen molar-refractivity contribution in [1.29, 1.82) is 0 Å². The summed E-state index contributed by atoms with van der Waals surface area (Å²) in [5.41, 5.74) is 2.93. The maximum Gasteiger partial charge on any atom is 0.212 e. The van der Waals surface area contributed by atoms with Gasteiger partial charge in [-0.2, -0.15) is 0 Å². The fourth-order valence-corrected chi connectivity index (χ4v) is 2.78. The Hall–Kier alpha value is -2.55. The molecule has 1 aliphatic rings. The van der Waals surface area contributed by atoms with Crippen LogP contribution in [0.25, 0.3) is 0 Å². The number of aryl methyl sites for hydroxylation is 1. The summed E-state index contributed by atoms with van der Waals surface area (Å²) < 4.78 is 17.3. The number of imidazole rings is 1. The van der Waals surface area contributed by atoms with Crippen molar-refractivity contribution in [1.82, 2.24) is 9.55 Å². The highest BCUT2D eigenvalue weighted by Crippen LogP contribution is 2.26. The van der Waals surface area contributed by atoms with Crippen LogP contribution in [0.1, 0.15) is 27.3 Å². The molecule has 1 aromatic carbocycles. The zero-order chi connectivity index (χ0) is 19.1. The average Bonchev–Trinajstić information content (AvgIpc) is 3.07. The maximum absolute atomic E-state index is 12.7. The molecule has 0 aliphatic heterocycles. The fraction of sp³-hybridized carbons (Fsp3) is 0.421. The Balaban J connectivity index is 1.57. The van der Waals surface area contributed by atoms with Gasteiger partial charge in [0.1, 0.15) is 23.7 Å². The summed E-state index contributed by atoms with van der Waals surface area (Å²) in [7, 11) is 3.42. The zero-order valence-corrected chi connectivity index (χ0v) is 15.5. The summed E-state index contributed by atoms with van der Waals surface area (Å²) in [4.78, 5) is 22.4. The number of carbonyl (C=O) groups is 1. The van der Waals surface area contributed by atoms with Gasteiger partial charge in [0.25, 0.3) is 0 Å². The first kappa shape index (κ1) is 19.2. The number of nitrogens with zero attached hydrogens (tertiary/aromatic N) is 3. The van der Waals surface area contributed by atoms with E-state index >= 15 is 0 Å². The van der Waals surface area contributed by atoms with Gasteiger partial charge in [-0.15, -0.1) is 0 Å². The number of ketones is 1. The van der Waals surface area contributed by atoms with Crippen molar-refractivity contribution in [2.24, 2.45) is 12.2 Å². The Bertz CT molecular complexity index is 815. The molecule has 3 rings (SSSR count). The highest BCUT2D eigenvalue weighted by molar-refractivity contribution is 6.28. The third-order valence-corrected chi connectivity index (χ3v) is 4.08. The molecule has 0 radical (unpaired) electrons. The van der Waals surface area contributed by atoms with Gasteiger partial charge in [0.15, 0.2) is 0 Å². The minimum Gasteiger partial charge on any atom is -0.393 e. The minimum absolute atomic E-state index is 0.0589. The summed E-state index contributed by atoms with van der Waals surface area (Å²) in [5.74, 6) is -0.0589. The third kappa shape index (κ3) is 4.41. The van der Waals surface area contributed by atoms with E-state index in [1.165, 1.54) is 0 Å². The minimum atomic E-state index is -0.0589. The van der Waals surface area contributed by atoms with Crippen molar-refractivity contribution in [3.8, 4) is 0 Å². The van der Waals surface area contributed by atoms with Crippen LogP contribution >= 0.6 is 0 Å². The van der Waals surface area contributed by atoms with Gasteiger partial charge in [0.2, 0.25) is 5.78 Å². The summed E-state index contributed by atoms with van der Waals surface area (Å²) in [6.45, 7) is 2.78. The summed E-state index contributed by atoms with van der Waals surface area (Å²) in [5, 5.41) is 4.23. The van der Waals surface area contributed by atoms with Crippen LogP contribution in [-0.4, -0.2) is 67.8 Å². The number of hydrogen-bond donors (Lipinski definition) is 0. The second-order valence-corrected chi connectivity index (χ2v) is 5.92. The lowest BCUT2D eigenvalue weighted by Crippen LogP contribution is -2.23. The van der Waals surface area contributed by atoms with Crippen LogP contribution < -0.4 is 0 Å². The van der Waals surface area contributed by atoms with Gasteiger partial charge >= 0.3 is 0 Å². The molecule has 1 heterocycles. The Morgan fingerprint density at radius 1 is 1.00 bits per heavy atom. The lowest BCUT2D eigenvalue weighted by molar-refractivity contribution is 0.00453. The summed E-state index contributed by atoms with van der Waals surface area (Å²) in [6.07, 6.45) is 1.61. The molecule has 0 spiro atoms.